The van der Waals surface area contributed by atoms with E-state index in [4.69, 9.17) is 14.2 Å². The summed E-state index contributed by atoms with van der Waals surface area (Å²) in [4.78, 5) is 60.1. The molecule has 0 aromatic heterocycles. The molecule has 282 valence electrons. The molecule has 3 amide bonds. The van der Waals surface area contributed by atoms with Crippen LogP contribution in [0.25, 0.3) is 0 Å². The molecule has 0 radical (unpaired) electrons. The van der Waals surface area contributed by atoms with E-state index in [9.17, 15) is 24.3 Å². The molecule has 0 aliphatic carbocycles. The first-order valence-corrected chi connectivity index (χ1v) is 19.1. The van der Waals surface area contributed by atoms with Gasteiger partial charge in [-0.25, -0.2) is 0 Å². The Morgan fingerprint density at radius 3 is 2.49 bits per heavy atom. The van der Waals surface area contributed by atoms with Gasteiger partial charge in [-0.2, -0.15) is 0 Å². The number of hydrogen-bond donors (Lipinski definition) is 2. The van der Waals surface area contributed by atoms with E-state index in [1.807, 2.05) is 51.1 Å². The topological polar surface area (TPSA) is 135 Å². The number of likely N-dealkylation sites (tertiary alicyclic amines) is 1. The van der Waals surface area contributed by atoms with Crippen LogP contribution in [0.3, 0.4) is 0 Å². The van der Waals surface area contributed by atoms with E-state index in [1.165, 1.54) is 12.0 Å². The summed E-state index contributed by atoms with van der Waals surface area (Å²) in [5.74, 6) is -3.57. The zero-order chi connectivity index (χ0) is 37.5. The van der Waals surface area contributed by atoms with Crippen molar-refractivity contribution < 1.29 is 38.5 Å². The summed E-state index contributed by atoms with van der Waals surface area (Å²) in [6, 6.07) is 6.47. The molecule has 10 atom stereocenters. The number of hydrogen-bond acceptors (Lipinski definition) is 8. The SMILES string of the molecule is C=CCCC(=O)N[C@H](COC)[C@H](OC(=O)[C@H]1[C@@H]2O[C@@]3(CC2Br)[C@@H]1C(=O)N([C@@H](CO)CC(C)C)[C@@H]3C(=O)N(CC=C)C(C)CCC)c1ccccc1. The van der Waals surface area contributed by atoms with Gasteiger partial charge < -0.3 is 34.4 Å². The van der Waals surface area contributed by atoms with Gasteiger partial charge in [0.2, 0.25) is 17.7 Å². The van der Waals surface area contributed by atoms with Crippen LogP contribution in [0.2, 0.25) is 0 Å². The minimum absolute atomic E-state index is 0.0530. The zero-order valence-corrected chi connectivity index (χ0v) is 32.3. The summed E-state index contributed by atoms with van der Waals surface area (Å²) in [5.41, 5.74) is -0.694. The molecule has 11 nitrogen and oxygen atoms in total. The van der Waals surface area contributed by atoms with E-state index >= 15 is 0 Å². The Morgan fingerprint density at radius 2 is 1.90 bits per heavy atom. The molecule has 2 unspecified atom stereocenters. The molecule has 3 fully saturated rings. The van der Waals surface area contributed by atoms with Gasteiger partial charge in [0.25, 0.3) is 0 Å². The predicted molar refractivity (Wildman–Crippen MR) is 198 cm³/mol. The molecule has 0 saturated carbocycles. The highest BCUT2D eigenvalue weighted by atomic mass is 79.9. The average Bonchev–Trinajstić information content (AvgIpc) is 3.70. The van der Waals surface area contributed by atoms with Crippen molar-refractivity contribution in [1.82, 2.24) is 15.1 Å². The number of amides is 3. The van der Waals surface area contributed by atoms with E-state index in [2.05, 4.69) is 41.3 Å². The highest BCUT2D eigenvalue weighted by Gasteiger charge is 2.77. The van der Waals surface area contributed by atoms with Gasteiger partial charge in [0, 0.05) is 30.9 Å². The highest BCUT2D eigenvalue weighted by molar-refractivity contribution is 9.09. The summed E-state index contributed by atoms with van der Waals surface area (Å²) < 4.78 is 18.6. The second kappa shape index (κ2) is 18.1. The van der Waals surface area contributed by atoms with Crippen molar-refractivity contribution in [1.29, 1.82) is 0 Å². The lowest BCUT2D eigenvalue weighted by atomic mass is 9.70. The number of halogens is 1. The monoisotopic (exact) mass is 773 g/mol. The van der Waals surface area contributed by atoms with Gasteiger partial charge in [0.1, 0.15) is 17.7 Å². The maximum absolute atomic E-state index is 14.9. The number of allylic oxidation sites excluding steroid dienone is 1. The molecular weight excluding hydrogens is 718 g/mol. The van der Waals surface area contributed by atoms with Crippen molar-refractivity contribution in [3.8, 4) is 0 Å². The van der Waals surface area contributed by atoms with E-state index in [0.717, 1.165) is 12.8 Å². The first kappa shape index (κ1) is 40.7. The fourth-order valence-electron chi connectivity index (χ4n) is 8.31. The molecule has 51 heavy (non-hydrogen) atoms. The zero-order valence-electron chi connectivity index (χ0n) is 30.7. The Labute approximate surface area is 311 Å². The van der Waals surface area contributed by atoms with E-state index in [-0.39, 0.29) is 54.8 Å². The number of nitrogens with one attached hydrogen (secondary N) is 1. The molecule has 3 heterocycles. The Balaban J connectivity index is 1.78. The Bertz CT molecular complexity index is 1390. The number of carbonyl (C=O) groups is 4. The fraction of sp³-hybridized carbons (Fsp3) is 0.641. The number of carbonyl (C=O) groups excluding carboxylic acids is 4. The van der Waals surface area contributed by atoms with Gasteiger partial charge in [0.15, 0.2) is 0 Å². The van der Waals surface area contributed by atoms with Crippen molar-refractivity contribution in [2.45, 2.75) is 113 Å². The van der Waals surface area contributed by atoms with E-state index < -0.39 is 59.6 Å². The number of alkyl halides is 1. The Morgan fingerprint density at radius 1 is 1.20 bits per heavy atom. The molecule has 4 rings (SSSR count). The number of methoxy groups -OCH3 is 1. The number of aliphatic hydroxyl groups is 1. The number of esters is 1. The van der Waals surface area contributed by atoms with Gasteiger partial charge in [0.05, 0.1) is 43.2 Å². The van der Waals surface area contributed by atoms with Gasteiger partial charge in [-0.05, 0) is 44.1 Å². The van der Waals surface area contributed by atoms with Crippen molar-refractivity contribution in [3.63, 3.8) is 0 Å². The van der Waals surface area contributed by atoms with Crippen molar-refractivity contribution >= 4 is 39.6 Å². The largest absolute Gasteiger partial charge is 0.455 e. The lowest BCUT2D eigenvalue weighted by Crippen LogP contribution is -2.60. The third kappa shape index (κ3) is 8.45. The quantitative estimate of drug-likeness (QED) is 0.111. The summed E-state index contributed by atoms with van der Waals surface area (Å²) in [6.45, 7) is 15.6. The molecule has 3 aliphatic rings. The van der Waals surface area contributed by atoms with Crippen LogP contribution in [-0.4, -0.2) is 106 Å². The number of nitrogens with zero attached hydrogens (tertiary/aromatic N) is 2. The van der Waals surface area contributed by atoms with Crippen LogP contribution in [0.5, 0.6) is 0 Å². The van der Waals surface area contributed by atoms with Gasteiger partial charge in [-0.3, -0.25) is 19.2 Å². The smallest absolute Gasteiger partial charge is 0.313 e. The molecule has 1 aromatic rings. The van der Waals surface area contributed by atoms with Crippen molar-refractivity contribution in [2.75, 3.05) is 26.9 Å². The first-order valence-electron chi connectivity index (χ1n) is 18.2. The molecule has 1 spiro atoms. The summed E-state index contributed by atoms with van der Waals surface area (Å²) in [7, 11) is 1.50. The van der Waals surface area contributed by atoms with Gasteiger partial charge >= 0.3 is 5.97 Å². The molecule has 1 aromatic carbocycles. The van der Waals surface area contributed by atoms with Crippen molar-refractivity contribution in [3.05, 3.63) is 61.2 Å². The number of fused-ring (bicyclic) bond motifs is 1. The second-order valence-corrected chi connectivity index (χ2v) is 15.7. The maximum atomic E-state index is 14.9. The van der Waals surface area contributed by atoms with E-state index in [0.29, 0.717) is 24.8 Å². The van der Waals surface area contributed by atoms with Crippen LogP contribution in [0, 0.1) is 17.8 Å². The highest BCUT2D eigenvalue weighted by Crippen LogP contribution is 2.61. The van der Waals surface area contributed by atoms with Crippen molar-refractivity contribution in [2.24, 2.45) is 17.8 Å². The second-order valence-electron chi connectivity index (χ2n) is 14.5. The van der Waals surface area contributed by atoms with Crippen LogP contribution < -0.4 is 5.32 Å². The number of benzene rings is 1. The lowest BCUT2D eigenvalue weighted by molar-refractivity contribution is -0.163. The molecule has 3 saturated heterocycles. The molecule has 12 heteroatoms. The summed E-state index contributed by atoms with van der Waals surface area (Å²) in [5, 5.41) is 13.7. The maximum Gasteiger partial charge on any atom is 0.313 e. The number of rotatable bonds is 20. The molecule has 2 bridgehead atoms. The summed E-state index contributed by atoms with van der Waals surface area (Å²) in [6.07, 6.45) is 4.69. The summed E-state index contributed by atoms with van der Waals surface area (Å²) >= 11 is 3.75. The van der Waals surface area contributed by atoms with Crippen LogP contribution >= 0.6 is 15.9 Å². The first-order chi connectivity index (χ1) is 24.4. The lowest BCUT2D eigenvalue weighted by Gasteiger charge is -2.41. The van der Waals surface area contributed by atoms with Crippen LogP contribution in [0.1, 0.15) is 77.9 Å². The molecule has 3 aliphatic heterocycles. The van der Waals surface area contributed by atoms with Crippen LogP contribution in [0.4, 0.5) is 0 Å². The van der Waals surface area contributed by atoms with Crippen LogP contribution in [0.15, 0.2) is 55.6 Å². The van der Waals surface area contributed by atoms with E-state index in [1.54, 1.807) is 17.1 Å². The molecular formula is C39H56BrN3O8. The number of aliphatic hydroxyl groups excluding tert-OH is 1. The normalized spacial score (nSPS) is 27.4. The van der Waals surface area contributed by atoms with Gasteiger partial charge in [-0.1, -0.05) is 85.6 Å². The fourth-order valence-corrected chi connectivity index (χ4v) is 9.25. The third-order valence-corrected chi connectivity index (χ3v) is 11.3. The number of ether oxygens (including phenoxy) is 3. The van der Waals surface area contributed by atoms with Gasteiger partial charge in [-0.15, -0.1) is 13.2 Å². The Hall–Kier alpha value is -3.06. The standard InChI is InChI=1S/C39H56BrN3O8/c1-8-11-18-30(45)41-29(23-49-7)33(26-16-13-12-14-17-26)50-38(48)31-32-36(46)43(27(22-44)20-24(4)5)35(39(32)21-28(40)34(31)51-39)37(47)42(19-10-3)25(6)15-9-2/h8,10,12-14,16-17,24-25,27-29,31-35,44H,1,3,9,11,15,18-23H2,2,4-7H3,(H,41,45)/t25?,27-,28?,29-,31-,32+,33-,34-,35-,39+/m1/s1. The van der Waals surface area contributed by atoms with Crippen LogP contribution in [-0.2, 0) is 33.4 Å². The minimum Gasteiger partial charge on any atom is -0.455 e. The average molecular weight is 775 g/mol. The molecule has 2 N–H and O–H groups in total. The Kier molecular flexibility index (Phi) is 14.5. The predicted octanol–water partition coefficient (Wildman–Crippen LogP) is 4.73. The minimum atomic E-state index is -1.33. The third-order valence-electron chi connectivity index (χ3n) is 10.4.